The van der Waals surface area contributed by atoms with Crippen LogP contribution in [-0.2, 0) is 28.9 Å². The van der Waals surface area contributed by atoms with Crippen molar-refractivity contribution in [2.24, 2.45) is 5.92 Å². The molecule has 1 fully saturated rings. The molecule has 0 radical (unpaired) electrons. The SMILES string of the molecule is Cc1ccc(C)c(CNC(=O)[C@H]2CCc3nc(N4CCOCC4)ncc3C2)c1. The van der Waals surface area contributed by atoms with Gasteiger partial charge in [0.25, 0.3) is 0 Å². The van der Waals surface area contributed by atoms with Gasteiger partial charge in [0.15, 0.2) is 0 Å². The van der Waals surface area contributed by atoms with Crippen LogP contribution in [0.2, 0.25) is 0 Å². The summed E-state index contributed by atoms with van der Waals surface area (Å²) in [5, 5.41) is 3.13. The minimum atomic E-state index is -0.00421. The van der Waals surface area contributed by atoms with E-state index in [-0.39, 0.29) is 11.8 Å². The first kappa shape index (κ1) is 18.9. The van der Waals surface area contributed by atoms with Gasteiger partial charge in [0, 0.05) is 37.4 Å². The number of amides is 1. The zero-order valence-corrected chi connectivity index (χ0v) is 16.7. The number of hydrogen-bond donors (Lipinski definition) is 1. The van der Waals surface area contributed by atoms with E-state index in [2.05, 4.69) is 47.2 Å². The molecule has 2 aliphatic rings. The number of ether oxygens (including phenoxy) is 1. The number of anilines is 1. The largest absolute Gasteiger partial charge is 0.378 e. The summed E-state index contributed by atoms with van der Waals surface area (Å²) in [7, 11) is 0. The second kappa shape index (κ2) is 8.27. The minimum absolute atomic E-state index is 0.00421. The van der Waals surface area contributed by atoms with Crippen LogP contribution in [0.5, 0.6) is 0 Å². The van der Waals surface area contributed by atoms with Crippen molar-refractivity contribution in [3.63, 3.8) is 0 Å². The first-order chi connectivity index (χ1) is 13.6. The summed E-state index contributed by atoms with van der Waals surface area (Å²) in [5.74, 6) is 0.916. The molecule has 0 spiro atoms. The molecule has 148 valence electrons. The highest BCUT2D eigenvalue weighted by Crippen LogP contribution is 2.26. The Balaban J connectivity index is 1.38. The molecule has 1 amide bonds. The number of morpholine rings is 1. The normalized spacial score (nSPS) is 19.2. The van der Waals surface area contributed by atoms with E-state index in [0.717, 1.165) is 62.8 Å². The fraction of sp³-hybridized carbons (Fsp3) is 0.500. The molecule has 1 saturated heterocycles. The van der Waals surface area contributed by atoms with Crippen LogP contribution in [0.25, 0.3) is 0 Å². The van der Waals surface area contributed by atoms with Gasteiger partial charge in [-0.05, 0) is 49.8 Å². The van der Waals surface area contributed by atoms with E-state index in [1.165, 1.54) is 16.7 Å². The maximum Gasteiger partial charge on any atom is 0.225 e. The first-order valence-corrected chi connectivity index (χ1v) is 10.1. The van der Waals surface area contributed by atoms with E-state index in [9.17, 15) is 4.79 Å². The van der Waals surface area contributed by atoms with E-state index in [4.69, 9.17) is 9.72 Å². The van der Waals surface area contributed by atoms with Crippen LogP contribution >= 0.6 is 0 Å². The average Bonchev–Trinajstić information content (AvgIpc) is 2.74. The Kier molecular flexibility index (Phi) is 5.57. The van der Waals surface area contributed by atoms with Crippen molar-refractivity contribution in [1.29, 1.82) is 0 Å². The molecule has 4 rings (SSSR count). The Morgan fingerprint density at radius 2 is 2.11 bits per heavy atom. The number of benzene rings is 1. The Morgan fingerprint density at radius 3 is 2.93 bits per heavy atom. The van der Waals surface area contributed by atoms with Crippen LogP contribution in [-0.4, -0.2) is 42.2 Å². The highest BCUT2D eigenvalue weighted by Gasteiger charge is 2.27. The van der Waals surface area contributed by atoms with E-state index in [1.807, 2.05) is 6.20 Å². The first-order valence-electron chi connectivity index (χ1n) is 10.1. The number of rotatable bonds is 4. The van der Waals surface area contributed by atoms with E-state index in [1.54, 1.807) is 0 Å². The van der Waals surface area contributed by atoms with Gasteiger partial charge in [-0.1, -0.05) is 23.8 Å². The number of carbonyl (C=O) groups is 1. The van der Waals surface area contributed by atoms with Gasteiger partial charge in [0.2, 0.25) is 11.9 Å². The van der Waals surface area contributed by atoms with Crippen LogP contribution < -0.4 is 10.2 Å². The van der Waals surface area contributed by atoms with E-state index >= 15 is 0 Å². The topological polar surface area (TPSA) is 67.4 Å². The predicted molar refractivity (Wildman–Crippen MR) is 108 cm³/mol. The van der Waals surface area contributed by atoms with Crippen LogP contribution in [0.1, 0.15) is 34.4 Å². The lowest BCUT2D eigenvalue weighted by Crippen LogP contribution is -2.38. The maximum atomic E-state index is 12.7. The lowest BCUT2D eigenvalue weighted by atomic mass is 9.86. The number of aryl methyl sites for hydroxylation is 3. The van der Waals surface area contributed by atoms with Crippen LogP contribution in [0.3, 0.4) is 0 Å². The van der Waals surface area contributed by atoms with Crippen molar-refractivity contribution in [2.75, 3.05) is 31.2 Å². The predicted octanol–water partition coefficient (Wildman–Crippen LogP) is 2.35. The molecule has 0 unspecified atom stereocenters. The molecule has 2 heterocycles. The molecule has 1 aromatic carbocycles. The quantitative estimate of drug-likeness (QED) is 0.882. The zero-order chi connectivity index (χ0) is 19.5. The molecule has 28 heavy (non-hydrogen) atoms. The lowest BCUT2D eigenvalue weighted by molar-refractivity contribution is -0.125. The van der Waals surface area contributed by atoms with Gasteiger partial charge in [0.1, 0.15) is 0 Å². The van der Waals surface area contributed by atoms with Gasteiger partial charge in [-0.3, -0.25) is 4.79 Å². The third-order valence-electron chi connectivity index (χ3n) is 5.76. The number of carbonyl (C=O) groups excluding carboxylic acids is 1. The van der Waals surface area contributed by atoms with Crippen molar-refractivity contribution in [1.82, 2.24) is 15.3 Å². The highest BCUT2D eigenvalue weighted by atomic mass is 16.5. The van der Waals surface area contributed by atoms with Gasteiger partial charge in [-0.25, -0.2) is 9.97 Å². The van der Waals surface area contributed by atoms with E-state index < -0.39 is 0 Å². The van der Waals surface area contributed by atoms with Gasteiger partial charge in [-0.2, -0.15) is 0 Å². The van der Waals surface area contributed by atoms with Crippen molar-refractivity contribution < 1.29 is 9.53 Å². The van der Waals surface area contributed by atoms with Gasteiger partial charge >= 0.3 is 0 Å². The summed E-state index contributed by atoms with van der Waals surface area (Å²) in [6.07, 6.45) is 4.30. The maximum absolute atomic E-state index is 12.7. The van der Waals surface area contributed by atoms with Crippen molar-refractivity contribution >= 4 is 11.9 Å². The Hall–Kier alpha value is -2.47. The molecular weight excluding hydrogens is 352 g/mol. The molecule has 0 saturated carbocycles. The molecule has 2 aromatic rings. The van der Waals surface area contributed by atoms with Crippen LogP contribution in [0.15, 0.2) is 24.4 Å². The number of nitrogens with one attached hydrogen (secondary N) is 1. The molecule has 1 aromatic heterocycles. The third kappa shape index (κ3) is 4.17. The minimum Gasteiger partial charge on any atom is -0.378 e. The van der Waals surface area contributed by atoms with Gasteiger partial charge in [-0.15, -0.1) is 0 Å². The molecule has 1 aliphatic heterocycles. The highest BCUT2D eigenvalue weighted by molar-refractivity contribution is 5.79. The summed E-state index contributed by atoms with van der Waals surface area (Å²) in [5.41, 5.74) is 5.81. The van der Waals surface area contributed by atoms with Crippen molar-refractivity contribution in [2.45, 2.75) is 39.7 Å². The van der Waals surface area contributed by atoms with Crippen LogP contribution in [0.4, 0.5) is 5.95 Å². The Bertz CT molecular complexity index is 862. The van der Waals surface area contributed by atoms with Gasteiger partial charge < -0.3 is 15.0 Å². The van der Waals surface area contributed by atoms with Crippen LogP contribution in [0, 0.1) is 19.8 Å². The summed E-state index contributed by atoms with van der Waals surface area (Å²) >= 11 is 0. The fourth-order valence-electron chi connectivity index (χ4n) is 3.95. The number of fused-ring (bicyclic) bond motifs is 1. The molecule has 6 nitrogen and oxygen atoms in total. The second-order valence-electron chi connectivity index (χ2n) is 7.83. The Labute approximate surface area is 166 Å². The van der Waals surface area contributed by atoms with Gasteiger partial charge in [0.05, 0.1) is 13.2 Å². The summed E-state index contributed by atoms with van der Waals surface area (Å²) < 4.78 is 5.40. The molecule has 0 bridgehead atoms. The Morgan fingerprint density at radius 1 is 1.29 bits per heavy atom. The number of hydrogen-bond acceptors (Lipinski definition) is 5. The van der Waals surface area contributed by atoms with Crippen molar-refractivity contribution in [3.8, 4) is 0 Å². The smallest absolute Gasteiger partial charge is 0.225 e. The summed E-state index contributed by atoms with van der Waals surface area (Å²) in [6, 6.07) is 6.35. The molecular formula is C22H28N4O2. The zero-order valence-electron chi connectivity index (χ0n) is 16.7. The average molecular weight is 380 g/mol. The van der Waals surface area contributed by atoms with E-state index in [0.29, 0.717) is 6.54 Å². The number of nitrogens with zero attached hydrogens (tertiary/aromatic N) is 3. The molecule has 1 N–H and O–H groups in total. The molecule has 1 aliphatic carbocycles. The molecule has 6 heteroatoms. The second-order valence-corrected chi connectivity index (χ2v) is 7.83. The van der Waals surface area contributed by atoms with Crippen molar-refractivity contribution in [3.05, 3.63) is 52.3 Å². The summed E-state index contributed by atoms with van der Waals surface area (Å²) in [6.45, 7) is 7.87. The fourth-order valence-corrected chi connectivity index (χ4v) is 3.95. The standard InChI is InChI=1S/C22H28N4O2/c1-15-3-4-16(2)18(11-15)13-23-21(27)17-5-6-20-19(12-17)14-24-22(25-20)26-7-9-28-10-8-26/h3-4,11,14,17H,5-10,12-13H2,1-2H3,(H,23,27)/t17-/m0/s1. The third-order valence-corrected chi connectivity index (χ3v) is 5.76. The lowest BCUT2D eigenvalue weighted by Gasteiger charge is -2.28. The summed E-state index contributed by atoms with van der Waals surface area (Å²) in [4.78, 5) is 24.2. The monoisotopic (exact) mass is 380 g/mol. The molecule has 1 atom stereocenters. The number of aromatic nitrogens is 2.